The SMILES string of the molecule is CC(C)CN(C(=O)c1ccccc1NN)C1CCCC1. The van der Waals surface area contributed by atoms with Crippen molar-refractivity contribution in [1.82, 2.24) is 4.90 Å². The molecule has 1 saturated carbocycles. The molecule has 0 saturated heterocycles. The van der Waals surface area contributed by atoms with Crippen LogP contribution in [0.15, 0.2) is 24.3 Å². The van der Waals surface area contributed by atoms with Crippen LogP contribution in [0.4, 0.5) is 5.69 Å². The zero-order valence-corrected chi connectivity index (χ0v) is 12.4. The minimum Gasteiger partial charge on any atom is -0.335 e. The van der Waals surface area contributed by atoms with Gasteiger partial charge < -0.3 is 10.3 Å². The smallest absolute Gasteiger partial charge is 0.256 e. The zero-order valence-electron chi connectivity index (χ0n) is 12.4. The second-order valence-corrected chi connectivity index (χ2v) is 5.98. The average molecular weight is 275 g/mol. The van der Waals surface area contributed by atoms with Crippen LogP contribution in [0.5, 0.6) is 0 Å². The van der Waals surface area contributed by atoms with E-state index in [-0.39, 0.29) is 5.91 Å². The first-order chi connectivity index (χ1) is 9.63. The van der Waals surface area contributed by atoms with Gasteiger partial charge in [-0.25, -0.2) is 0 Å². The Kier molecular flexibility index (Phi) is 5.01. The molecule has 1 aliphatic carbocycles. The van der Waals surface area contributed by atoms with E-state index in [9.17, 15) is 4.79 Å². The fourth-order valence-corrected chi connectivity index (χ4v) is 2.96. The monoisotopic (exact) mass is 275 g/mol. The third-order valence-corrected chi connectivity index (χ3v) is 3.90. The van der Waals surface area contributed by atoms with Gasteiger partial charge in [0.05, 0.1) is 11.3 Å². The number of carbonyl (C=O) groups is 1. The number of hydrogen-bond donors (Lipinski definition) is 2. The van der Waals surface area contributed by atoms with Crippen LogP contribution in [0.1, 0.15) is 49.9 Å². The van der Waals surface area contributed by atoms with Gasteiger partial charge in [0, 0.05) is 12.6 Å². The molecule has 0 bridgehead atoms. The standard InChI is InChI=1S/C16H25N3O/c1-12(2)11-19(13-7-3-4-8-13)16(20)14-9-5-6-10-15(14)18-17/h5-6,9-10,12-13,18H,3-4,7-8,11,17H2,1-2H3. The molecule has 1 fully saturated rings. The number of nitrogens with two attached hydrogens (primary N) is 1. The van der Waals surface area contributed by atoms with Crippen LogP contribution in [0, 0.1) is 5.92 Å². The Morgan fingerprint density at radius 3 is 2.60 bits per heavy atom. The van der Waals surface area contributed by atoms with Crippen molar-refractivity contribution >= 4 is 11.6 Å². The Labute approximate surface area is 121 Å². The summed E-state index contributed by atoms with van der Waals surface area (Å²) in [4.78, 5) is 14.9. The predicted octanol–water partition coefficient (Wildman–Crippen LogP) is 3.01. The molecule has 0 heterocycles. The fourth-order valence-electron chi connectivity index (χ4n) is 2.96. The van der Waals surface area contributed by atoms with Gasteiger partial charge in [0.2, 0.25) is 0 Å². The lowest BCUT2D eigenvalue weighted by molar-refractivity contribution is 0.0656. The van der Waals surface area contributed by atoms with Crippen molar-refractivity contribution in [2.75, 3.05) is 12.0 Å². The number of nitrogens with zero attached hydrogens (tertiary/aromatic N) is 1. The summed E-state index contributed by atoms with van der Waals surface area (Å²) >= 11 is 0. The third kappa shape index (κ3) is 3.31. The van der Waals surface area contributed by atoms with E-state index in [1.165, 1.54) is 12.8 Å². The minimum atomic E-state index is 0.0964. The number of para-hydroxylation sites is 1. The average Bonchev–Trinajstić information content (AvgIpc) is 2.97. The van der Waals surface area contributed by atoms with Crippen LogP contribution in [0.3, 0.4) is 0 Å². The van der Waals surface area contributed by atoms with Crippen molar-refractivity contribution in [1.29, 1.82) is 0 Å². The Morgan fingerprint density at radius 1 is 1.35 bits per heavy atom. The van der Waals surface area contributed by atoms with E-state index in [0.717, 1.165) is 19.4 Å². The molecule has 0 aromatic heterocycles. The van der Waals surface area contributed by atoms with Crippen LogP contribution in [0.25, 0.3) is 0 Å². The van der Waals surface area contributed by atoms with Crippen molar-refractivity contribution in [2.45, 2.75) is 45.6 Å². The molecule has 2 rings (SSSR count). The second kappa shape index (κ2) is 6.75. The van der Waals surface area contributed by atoms with E-state index in [0.29, 0.717) is 23.2 Å². The summed E-state index contributed by atoms with van der Waals surface area (Å²) in [7, 11) is 0. The molecule has 0 aliphatic heterocycles. The number of benzene rings is 1. The summed E-state index contributed by atoms with van der Waals surface area (Å²) in [5, 5.41) is 0. The number of anilines is 1. The summed E-state index contributed by atoms with van der Waals surface area (Å²) in [6.45, 7) is 5.12. The minimum absolute atomic E-state index is 0.0964. The van der Waals surface area contributed by atoms with E-state index in [1.807, 2.05) is 29.2 Å². The first-order valence-corrected chi connectivity index (χ1v) is 7.50. The van der Waals surface area contributed by atoms with Gasteiger partial charge in [0.25, 0.3) is 5.91 Å². The first-order valence-electron chi connectivity index (χ1n) is 7.50. The van der Waals surface area contributed by atoms with Crippen LogP contribution in [0.2, 0.25) is 0 Å². The van der Waals surface area contributed by atoms with Crippen molar-refractivity contribution in [3.05, 3.63) is 29.8 Å². The largest absolute Gasteiger partial charge is 0.335 e. The van der Waals surface area contributed by atoms with Gasteiger partial charge in [-0.3, -0.25) is 10.6 Å². The van der Waals surface area contributed by atoms with E-state index in [1.54, 1.807) is 0 Å². The van der Waals surface area contributed by atoms with Crippen molar-refractivity contribution in [3.63, 3.8) is 0 Å². The molecule has 0 unspecified atom stereocenters. The maximum absolute atomic E-state index is 12.9. The van der Waals surface area contributed by atoms with Gasteiger partial charge in [0.15, 0.2) is 0 Å². The highest BCUT2D eigenvalue weighted by Gasteiger charge is 2.28. The normalized spacial score (nSPS) is 15.6. The van der Waals surface area contributed by atoms with Gasteiger partial charge in [-0.1, -0.05) is 38.8 Å². The lowest BCUT2D eigenvalue weighted by Gasteiger charge is -2.31. The molecule has 0 spiro atoms. The molecule has 0 atom stereocenters. The van der Waals surface area contributed by atoms with Gasteiger partial charge in [-0.15, -0.1) is 0 Å². The maximum atomic E-state index is 12.9. The Balaban J connectivity index is 2.25. The molecule has 0 radical (unpaired) electrons. The number of hydrogen-bond acceptors (Lipinski definition) is 3. The third-order valence-electron chi connectivity index (χ3n) is 3.90. The van der Waals surface area contributed by atoms with Crippen molar-refractivity contribution in [3.8, 4) is 0 Å². The van der Waals surface area contributed by atoms with Gasteiger partial charge >= 0.3 is 0 Å². The maximum Gasteiger partial charge on any atom is 0.256 e. The van der Waals surface area contributed by atoms with Gasteiger partial charge in [0.1, 0.15) is 0 Å². The molecule has 1 aromatic rings. The lowest BCUT2D eigenvalue weighted by Crippen LogP contribution is -2.41. The van der Waals surface area contributed by atoms with Crippen molar-refractivity contribution in [2.24, 2.45) is 11.8 Å². The number of carbonyl (C=O) groups excluding carboxylic acids is 1. The number of nitrogen functional groups attached to an aromatic ring is 1. The number of rotatable bonds is 5. The highest BCUT2D eigenvalue weighted by Crippen LogP contribution is 2.27. The van der Waals surface area contributed by atoms with E-state index >= 15 is 0 Å². The quantitative estimate of drug-likeness (QED) is 0.641. The van der Waals surface area contributed by atoms with E-state index < -0.39 is 0 Å². The molecule has 4 nitrogen and oxygen atoms in total. The molecule has 4 heteroatoms. The van der Waals surface area contributed by atoms with Crippen LogP contribution in [-0.4, -0.2) is 23.4 Å². The number of hydrazine groups is 1. The molecule has 20 heavy (non-hydrogen) atoms. The summed E-state index contributed by atoms with van der Waals surface area (Å²) < 4.78 is 0. The zero-order chi connectivity index (χ0) is 14.5. The van der Waals surface area contributed by atoms with E-state index in [4.69, 9.17) is 5.84 Å². The van der Waals surface area contributed by atoms with Crippen LogP contribution in [-0.2, 0) is 0 Å². The molecular weight excluding hydrogens is 250 g/mol. The topological polar surface area (TPSA) is 58.4 Å². The van der Waals surface area contributed by atoms with Gasteiger partial charge in [-0.2, -0.15) is 0 Å². The van der Waals surface area contributed by atoms with Gasteiger partial charge in [-0.05, 0) is 30.9 Å². The Morgan fingerprint density at radius 2 is 2.00 bits per heavy atom. The highest BCUT2D eigenvalue weighted by molar-refractivity contribution is 5.99. The molecule has 1 amide bonds. The summed E-state index contributed by atoms with van der Waals surface area (Å²) in [5.74, 6) is 6.09. The molecule has 3 N–H and O–H groups in total. The predicted molar refractivity (Wildman–Crippen MR) is 82.4 cm³/mol. The summed E-state index contributed by atoms with van der Waals surface area (Å²) in [6.07, 6.45) is 4.69. The second-order valence-electron chi connectivity index (χ2n) is 5.98. The molecule has 110 valence electrons. The Hall–Kier alpha value is -1.55. The van der Waals surface area contributed by atoms with E-state index in [2.05, 4.69) is 19.3 Å². The number of amides is 1. The molecule has 1 aliphatic rings. The Bertz CT molecular complexity index is 453. The fraction of sp³-hybridized carbons (Fsp3) is 0.562. The number of nitrogens with one attached hydrogen (secondary N) is 1. The molecule has 1 aromatic carbocycles. The highest BCUT2D eigenvalue weighted by atomic mass is 16.2. The summed E-state index contributed by atoms with van der Waals surface area (Å²) in [6, 6.07) is 7.84. The summed E-state index contributed by atoms with van der Waals surface area (Å²) in [5.41, 5.74) is 4.00. The molecular formula is C16H25N3O. The van der Waals surface area contributed by atoms with Crippen LogP contribution < -0.4 is 11.3 Å². The van der Waals surface area contributed by atoms with Crippen LogP contribution >= 0.6 is 0 Å². The lowest BCUT2D eigenvalue weighted by atomic mass is 10.1. The van der Waals surface area contributed by atoms with Crippen molar-refractivity contribution < 1.29 is 4.79 Å². The first kappa shape index (κ1) is 14.9.